The van der Waals surface area contributed by atoms with Crippen LogP contribution in [0.2, 0.25) is 0 Å². The van der Waals surface area contributed by atoms with Crippen molar-refractivity contribution >= 4 is 45.3 Å². The Bertz CT molecular complexity index is 1130. The number of carbonyl (C=O) groups excluding carboxylic acids is 2. The summed E-state index contributed by atoms with van der Waals surface area (Å²) >= 11 is 2.83. The Labute approximate surface area is 200 Å². The molecule has 8 nitrogen and oxygen atoms in total. The van der Waals surface area contributed by atoms with Crippen molar-refractivity contribution in [2.24, 2.45) is 5.92 Å². The van der Waals surface area contributed by atoms with Crippen molar-refractivity contribution in [1.29, 1.82) is 0 Å². The van der Waals surface area contributed by atoms with E-state index in [1.165, 1.54) is 16.6 Å². The van der Waals surface area contributed by atoms with Gasteiger partial charge < -0.3 is 10.1 Å². The number of fused-ring (bicyclic) bond motifs is 3. The molecule has 2 aromatic heterocycles. The summed E-state index contributed by atoms with van der Waals surface area (Å²) in [5.41, 5.74) is 1.12. The van der Waals surface area contributed by atoms with Gasteiger partial charge in [-0.1, -0.05) is 18.7 Å². The maximum absolute atomic E-state index is 13.7. The topological polar surface area (TPSA) is 102 Å². The molecule has 2 fully saturated rings. The van der Waals surface area contributed by atoms with Crippen molar-refractivity contribution in [1.82, 2.24) is 20.2 Å². The Balaban J connectivity index is 1.44. The highest BCUT2D eigenvalue weighted by molar-refractivity contribution is 8.00. The minimum absolute atomic E-state index is 0.0239. The first-order valence-electron chi connectivity index (χ1n) is 11.8. The molecule has 1 saturated carbocycles. The van der Waals surface area contributed by atoms with Gasteiger partial charge in [0.15, 0.2) is 5.16 Å². The zero-order chi connectivity index (χ0) is 23.1. The number of aryl methyl sites for hydroxylation is 1. The Morgan fingerprint density at radius 2 is 2.12 bits per heavy atom. The standard InChI is InChI=1S/C23H30N4O4S2/c1-12-5-8-16-17(10-12)33-20-18(16)21(29)27(11-15-4-3-9-31-15)23(26-20)32-13(2)19(28)25-22(30)24-14-6-7-14/h12-15H,3-11H2,1-2H3,(H2,24,25,28,30). The molecular formula is C23H30N4O4S2. The summed E-state index contributed by atoms with van der Waals surface area (Å²) < 4.78 is 7.51. The fourth-order valence-electron chi connectivity index (χ4n) is 4.52. The smallest absolute Gasteiger partial charge is 0.321 e. The molecule has 2 aromatic rings. The molecule has 1 aliphatic heterocycles. The number of imide groups is 1. The van der Waals surface area contributed by atoms with Gasteiger partial charge in [-0.25, -0.2) is 9.78 Å². The fourth-order valence-corrected chi connectivity index (χ4v) is 6.86. The quantitative estimate of drug-likeness (QED) is 0.476. The molecule has 178 valence electrons. The van der Waals surface area contributed by atoms with Gasteiger partial charge in [-0.2, -0.15) is 0 Å². The molecule has 2 aliphatic carbocycles. The minimum Gasteiger partial charge on any atom is -0.376 e. The highest BCUT2D eigenvalue weighted by atomic mass is 32.2. The van der Waals surface area contributed by atoms with Crippen LogP contribution in [0, 0.1) is 5.92 Å². The van der Waals surface area contributed by atoms with Gasteiger partial charge in [0.05, 0.1) is 23.3 Å². The van der Waals surface area contributed by atoms with E-state index in [0.717, 1.165) is 60.7 Å². The maximum Gasteiger partial charge on any atom is 0.321 e. The van der Waals surface area contributed by atoms with E-state index >= 15 is 0 Å². The minimum atomic E-state index is -0.579. The molecule has 3 atom stereocenters. The molecular weight excluding hydrogens is 460 g/mol. The number of thioether (sulfide) groups is 1. The monoisotopic (exact) mass is 490 g/mol. The first-order valence-corrected chi connectivity index (χ1v) is 13.5. The second-order valence-electron chi connectivity index (χ2n) is 9.47. The van der Waals surface area contributed by atoms with Gasteiger partial charge in [0.2, 0.25) is 5.91 Å². The predicted octanol–water partition coefficient (Wildman–Crippen LogP) is 3.23. The number of urea groups is 1. The molecule has 33 heavy (non-hydrogen) atoms. The van der Waals surface area contributed by atoms with Gasteiger partial charge in [-0.05, 0) is 63.4 Å². The van der Waals surface area contributed by atoms with Crippen molar-refractivity contribution < 1.29 is 14.3 Å². The number of nitrogens with zero attached hydrogens (tertiary/aromatic N) is 2. The molecule has 3 amide bonds. The van der Waals surface area contributed by atoms with Crippen LogP contribution in [0.25, 0.3) is 10.2 Å². The number of hydrogen-bond acceptors (Lipinski definition) is 7. The molecule has 3 heterocycles. The number of ether oxygens (including phenoxy) is 1. The zero-order valence-corrected chi connectivity index (χ0v) is 20.7. The number of aromatic nitrogens is 2. The summed E-state index contributed by atoms with van der Waals surface area (Å²) in [6.07, 6.45) is 6.76. The number of carbonyl (C=O) groups is 2. The van der Waals surface area contributed by atoms with Gasteiger partial charge in [-0.3, -0.25) is 19.5 Å². The van der Waals surface area contributed by atoms with Crippen molar-refractivity contribution in [3.05, 3.63) is 20.8 Å². The first-order chi connectivity index (χ1) is 15.9. The third-order valence-corrected chi connectivity index (χ3v) is 8.83. The van der Waals surface area contributed by atoms with Crippen LogP contribution in [0.1, 0.15) is 56.4 Å². The van der Waals surface area contributed by atoms with E-state index in [9.17, 15) is 14.4 Å². The fraction of sp³-hybridized carbons (Fsp3) is 0.652. The van der Waals surface area contributed by atoms with Gasteiger partial charge in [0, 0.05) is 17.5 Å². The van der Waals surface area contributed by atoms with Crippen LogP contribution in [0.5, 0.6) is 0 Å². The lowest BCUT2D eigenvalue weighted by Crippen LogP contribution is -2.43. The van der Waals surface area contributed by atoms with E-state index < -0.39 is 17.2 Å². The average Bonchev–Trinajstić information content (AvgIpc) is 3.28. The van der Waals surface area contributed by atoms with Gasteiger partial charge in [0.1, 0.15) is 4.83 Å². The molecule has 3 aliphatic rings. The average molecular weight is 491 g/mol. The number of amides is 3. The Morgan fingerprint density at radius 3 is 2.85 bits per heavy atom. The number of hydrogen-bond donors (Lipinski definition) is 2. The number of nitrogens with one attached hydrogen (secondary N) is 2. The molecule has 0 bridgehead atoms. The summed E-state index contributed by atoms with van der Waals surface area (Å²) in [5, 5.41) is 5.85. The summed E-state index contributed by atoms with van der Waals surface area (Å²) in [6.45, 7) is 5.12. The SMILES string of the molecule is CC1CCc2c(sc3nc(SC(C)C(=O)NC(=O)NC4CC4)n(CC4CCCO4)c(=O)c23)C1. The molecule has 0 radical (unpaired) electrons. The van der Waals surface area contributed by atoms with Crippen LogP contribution in [-0.2, 0) is 28.9 Å². The lowest BCUT2D eigenvalue weighted by molar-refractivity contribution is -0.119. The van der Waals surface area contributed by atoms with Gasteiger partial charge in [0.25, 0.3) is 5.56 Å². The van der Waals surface area contributed by atoms with Crippen LogP contribution in [0.15, 0.2) is 9.95 Å². The lowest BCUT2D eigenvalue weighted by atomic mass is 9.89. The summed E-state index contributed by atoms with van der Waals surface area (Å²) in [6, 6.07) is -0.288. The third-order valence-electron chi connectivity index (χ3n) is 6.59. The number of thiophene rings is 1. The van der Waals surface area contributed by atoms with Crippen molar-refractivity contribution in [3.8, 4) is 0 Å². The Morgan fingerprint density at radius 1 is 1.30 bits per heavy atom. The second kappa shape index (κ2) is 9.38. The zero-order valence-electron chi connectivity index (χ0n) is 19.0. The van der Waals surface area contributed by atoms with E-state index in [-0.39, 0.29) is 17.7 Å². The van der Waals surface area contributed by atoms with Crippen molar-refractivity contribution in [3.63, 3.8) is 0 Å². The largest absolute Gasteiger partial charge is 0.376 e. The first kappa shape index (κ1) is 22.9. The van der Waals surface area contributed by atoms with Gasteiger partial charge >= 0.3 is 6.03 Å². The normalized spacial score (nSPS) is 23.3. The van der Waals surface area contributed by atoms with Crippen LogP contribution < -0.4 is 16.2 Å². The van der Waals surface area contributed by atoms with Crippen LogP contribution in [0.4, 0.5) is 4.79 Å². The highest BCUT2D eigenvalue weighted by Crippen LogP contribution is 2.37. The number of rotatable bonds is 6. The predicted molar refractivity (Wildman–Crippen MR) is 129 cm³/mol. The lowest BCUT2D eigenvalue weighted by Gasteiger charge is -2.19. The summed E-state index contributed by atoms with van der Waals surface area (Å²) in [5.74, 6) is 0.217. The van der Waals surface area contributed by atoms with E-state index in [0.29, 0.717) is 24.2 Å². The molecule has 0 spiro atoms. The van der Waals surface area contributed by atoms with Gasteiger partial charge in [-0.15, -0.1) is 11.3 Å². The van der Waals surface area contributed by atoms with E-state index in [1.54, 1.807) is 22.8 Å². The van der Waals surface area contributed by atoms with E-state index in [4.69, 9.17) is 9.72 Å². The van der Waals surface area contributed by atoms with E-state index in [2.05, 4.69) is 17.6 Å². The second-order valence-corrected chi connectivity index (χ2v) is 11.9. The summed E-state index contributed by atoms with van der Waals surface area (Å²) in [7, 11) is 0. The summed E-state index contributed by atoms with van der Waals surface area (Å²) in [4.78, 5) is 45.2. The third kappa shape index (κ3) is 4.97. The maximum atomic E-state index is 13.7. The van der Waals surface area contributed by atoms with Crippen LogP contribution in [-0.4, -0.2) is 45.5 Å². The molecule has 3 unspecified atom stereocenters. The molecule has 1 saturated heterocycles. The van der Waals surface area contributed by atoms with Crippen LogP contribution >= 0.6 is 23.1 Å². The van der Waals surface area contributed by atoms with E-state index in [1.807, 2.05) is 0 Å². The van der Waals surface area contributed by atoms with Crippen LogP contribution in [0.3, 0.4) is 0 Å². The molecule has 10 heteroatoms. The Hall–Kier alpha value is -1.91. The molecule has 0 aromatic carbocycles. The molecule has 2 N–H and O–H groups in total. The van der Waals surface area contributed by atoms with Crippen molar-refractivity contribution in [2.75, 3.05) is 6.61 Å². The molecule has 5 rings (SSSR count). The Kier molecular flexibility index (Phi) is 6.50. The van der Waals surface area contributed by atoms with Crippen molar-refractivity contribution in [2.45, 2.75) is 87.9 Å². The highest BCUT2D eigenvalue weighted by Gasteiger charge is 2.29.